The Morgan fingerprint density at radius 2 is 2.24 bits per heavy atom. The summed E-state index contributed by atoms with van der Waals surface area (Å²) in [5.74, 6) is 0.760. The predicted octanol–water partition coefficient (Wildman–Crippen LogP) is 4.21. The van der Waals surface area contributed by atoms with Crippen LogP contribution in [0.4, 0.5) is 5.13 Å². The number of amides is 1. The maximum Gasteiger partial charge on any atom is 0.226 e. The van der Waals surface area contributed by atoms with Gasteiger partial charge >= 0.3 is 0 Å². The molecule has 0 saturated carbocycles. The monoisotopic (exact) mass is 324 g/mol. The predicted molar refractivity (Wildman–Crippen MR) is 86.4 cm³/mol. The van der Waals surface area contributed by atoms with Crippen LogP contribution in [0.1, 0.15) is 23.3 Å². The Morgan fingerprint density at radius 1 is 1.43 bits per heavy atom. The number of nitrogens with zero attached hydrogens (tertiary/aromatic N) is 1. The molecule has 112 valence electrons. The number of carbonyl (C=O) groups excluding carboxylic acids is 1. The van der Waals surface area contributed by atoms with Gasteiger partial charge in [-0.1, -0.05) is 11.6 Å². The Kier molecular flexibility index (Phi) is 5.59. The molecule has 2 aromatic rings. The van der Waals surface area contributed by atoms with Gasteiger partial charge in [0.25, 0.3) is 0 Å². The molecule has 0 aliphatic heterocycles. The van der Waals surface area contributed by atoms with Crippen LogP contribution in [0.5, 0.6) is 5.75 Å². The molecular weight excluding hydrogens is 308 g/mol. The Bertz CT molecular complexity index is 628. The van der Waals surface area contributed by atoms with E-state index in [-0.39, 0.29) is 5.91 Å². The normalized spacial score (nSPS) is 10.4. The van der Waals surface area contributed by atoms with Gasteiger partial charge in [0.2, 0.25) is 5.91 Å². The lowest BCUT2D eigenvalue weighted by Gasteiger charge is -2.09. The first-order valence-corrected chi connectivity index (χ1v) is 7.85. The van der Waals surface area contributed by atoms with E-state index in [9.17, 15) is 4.79 Å². The lowest BCUT2D eigenvalue weighted by Crippen LogP contribution is -2.12. The molecule has 0 atom stereocenters. The number of benzene rings is 1. The molecular formula is C15H17ClN2O2S. The summed E-state index contributed by atoms with van der Waals surface area (Å²) < 4.78 is 5.64. The molecule has 2 rings (SSSR count). The van der Waals surface area contributed by atoms with Gasteiger partial charge in [-0.25, -0.2) is 4.98 Å². The van der Waals surface area contributed by atoms with Crippen LogP contribution in [0.25, 0.3) is 0 Å². The third kappa shape index (κ3) is 5.02. The van der Waals surface area contributed by atoms with E-state index < -0.39 is 0 Å². The molecule has 1 heterocycles. The van der Waals surface area contributed by atoms with Gasteiger partial charge in [0.1, 0.15) is 5.75 Å². The number of thiazole rings is 1. The van der Waals surface area contributed by atoms with Crippen LogP contribution in [0.15, 0.2) is 24.4 Å². The number of carbonyl (C=O) groups is 1. The van der Waals surface area contributed by atoms with E-state index in [1.807, 2.05) is 26.0 Å². The number of rotatable bonds is 6. The molecule has 1 amide bonds. The van der Waals surface area contributed by atoms with Crippen molar-refractivity contribution < 1.29 is 9.53 Å². The van der Waals surface area contributed by atoms with E-state index in [2.05, 4.69) is 10.3 Å². The zero-order valence-corrected chi connectivity index (χ0v) is 13.6. The first-order chi connectivity index (χ1) is 10.0. The molecule has 0 radical (unpaired) electrons. The average molecular weight is 325 g/mol. The quantitative estimate of drug-likeness (QED) is 0.810. The third-order valence-corrected chi connectivity index (χ3v) is 3.87. The summed E-state index contributed by atoms with van der Waals surface area (Å²) >= 11 is 7.35. The lowest BCUT2D eigenvalue weighted by molar-refractivity contribution is -0.116. The van der Waals surface area contributed by atoms with Crippen molar-refractivity contribution in [2.75, 3.05) is 11.9 Å². The molecule has 1 aromatic heterocycles. The second-order valence-electron chi connectivity index (χ2n) is 4.69. The van der Waals surface area contributed by atoms with E-state index in [1.165, 1.54) is 11.3 Å². The largest absolute Gasteiger partial charge is 0.493 e. The van der Waals surface area contributed by atoms with Gasteiger partial charge < -0.3 is 10.1 Å². The summed E-state index contributed by atoms with van der Waals surface area (Å²) in [7, 11) is 0. The van der Waals surface area contributed by atoms with Gasteiger partial charge in [0.15, 0.2) is 5.13 Å². The van der Waals surface area contributed by atoms with Crippen molar-refractivity contribution in [3.8, 4) is 5.75 Å². The summed E-state index contributed by atoms with van der Waals surface area (Å²) in [5, 5.41) is 4.11. The minimum Gasteiger partial charge on any atom is -0.493 e. The molecule has 0 unspecified atom stereocenters. The smallest absolute Gasteiger partial charge is 0.226 e. The van der Waals surface area contributed by atoms with Gasteiger partial charge in [0, 0.05) is 22.5 Å². The van der Waals surface area contributed by atoms with Crippen LogP contribution >= 0.6 is 22.9 Å². The van der Waals surface area contributed by atoms with Crippen molar-refractivity contribution >= 4 is 34.0 Å². The van der Waals surface area contributed by atoms with Crippen molar-refractivity contribution in [1.29, 1.82) is 0 Å². The van der Waals surface area contributed by atoms with Gasteiger partial charge in [-0.3, -0.25) is 4.79 Å². The van der Waals surface area contributed by atoms with Crippen molar-refractivity contribution in [1.82, 2.24) is 4.98 Å². The summed E-state index contributed by atoms with van der Waals surface area (Å²) in [6.07, 6.45) is 2.80. The van der Waals surface area contributed by atoms with Crippen LogP contribution in [0.3, 0.4) is 0 Å². The maximum atomic E-state index is 11.7. The molecule has 0 saturated heterocycles. The zero-order valence-electron chi connectivity index (χ0n) is 12.0. The van der Waals surface area contributed by atoms with Gasteiger partial charge in [-0.2, -0.15) is 0 Å². The van der Waals surface area contributed by atoms with E-state index in [0.717, 1.165) is 16.2 Å². The maximum absolute atomic E-state index is 11.7. The van der Waals surface area contributed by atoms with E-state index in [1.54, 1.807) is 12.3 Å². The Hall–Kier alpha value is -1.59. The SMILES string of the molecule is Cc1cnc(NC(=O)CCCOc2ccc(Cl)cc2C)s1. The fourth-order valence-electron chi connectivity index (χ4n) is 1.78. The number of halogens is 1. The third-order valence-electron chi connectivity index (χ3n) is 2.81. The molecule has 0 aliphatic carbocycles. The first-order valence-electron chi connectivity index (χ1n) is 6.66. The van der Waals surface area contributed by atoms with Gasteiger partial charge in [0.05, 0.1) is 6.61 Å². The fraction of sp³-hybridized carbons (Fsp3) is 0.333. The molecule has 1 N–H and O–H groups in total. The number of nitrogens with one attached hydrogen (secondary N) is 1. The first kappa shape index (κ1) is 15.8. The molecule has 1 aromatic carbocycles. The number of aryl methyl sites for hydroxylation is 2. The average Bonchev–Trinajstić information content (AvgIpc) is 2.82. The van der Waals surface area contributed by atoms with Crippen molar-refractivity contribution in [2.24, 2.45) is 0 Å². The summed E-state index contributed by atoms with van der Waals surface area (Å²) in [5.41, 5.74) is 0.991. The van der Waals surface area contributed by atoms with Crippen LogP contribution < -0.4 is 10.1 Å². The van der Waals surface area contributed by atoms with Crippen molar-refractivity contribution in [2.45, 2.75) is 26.7 Å². The number of ether oxygens (including phenoxy) is 1. The molecule has 21 heavy (non-hydrogen) atoms. The zero-order chi connectivity index (χ0) is 15.2. The second kappa shape index (κ2) is 7.43. The van der Waals surface area contributed by atoms with Crippen LogP contribution in [0.2, 0.25) is 5.02 Å². The van der Waals surface area contributed by atoms with Crippen LogP contribution in [-0.2, 0) is 4.79 Å². The number of aromatic nitrogens is 1. The topological polar surface area (TPSA) is 51.2 Å². The lowest BCUT2D eigenvalue weighted by atomic mass is 10.2. The van der Waals surface area contributed by atoms with Crippen molar-refractivity contribution in [3.05, 3.63) is 39.9 Å². The highest BCUT2D eigenvalue weighted by Gasteiger charge is 2.06. The van der Waals surface area contributed by atoms with Gasteiger partial charge in [-0.15, -0.1) is 11.3 Å². The highest BCUT2D eigenvalue weighted by Crippen LogP contribution is 2.22. The molecule has 0 bridgehead atoms. The Morgan fingerprint density at radius 3 is 2.90 bits per heavy atom. The highest BCUT2D eigenvalue weighted by molar-refractivity contribution is 7.15. The Labute approximate surface area is 133 Å². The molecule has 6 heteroatoms. The standard InChI is InChI=1S/C15H17ClN2O2S/c1-10-8-12(16)5-6-13(10)20-7-3-4-14(19)18-15-17-9-11(2)21-15/h5-6,8-9H,3-4,7H2,1-2H3,(H,17,18,19). The molecule has 4 nitrogen and oxygen atoms in total. The minimum atomic E-state index is -0.0409. The van der Waals surface area contributed by atoms with Crippen LogP contribution in [0, 0.1) is 13.8 Å². The number of hydrogen-bond acceptors (Lipinski definition) is 4. The molecule has 0 fully saturated rings. The molecule has 0 spiro atoms. The van der Waals surface area contributed by atoms with Gasteiger partial charge in [-0.05, 0) is 44.0 Å². The second-order valence-corrected chi connectivity index (χ2v) is 6.36. The van der Waals surface area contributed by atoms with Crippen molar-refractivity contribution in [3.63, 3.8) is 0 Å². The highest BCUT2D eigenvalue weighted by atomic mass is 35.5. The van der Waals surface area contributed by atoms with Crippen LogP contribution in [-0.4, -0.2) is 17.5 Å². The van der Waals surface area contributed by atoms with E-state index >= 15 is 0 Å². The Balaban J connectivity index is 1.70. The fourth-order valence-corrected chi connectivity index (χ4v) is 2.69. The van der Waals surface area contributed by atoms with E-state index in [0.29, 0.717) is 29.6 Å². The number of anilines is 1. The minimum absolute atomic E-state index is 0.0409. The summed E-state index contributed by atoms with van der Waals surface area (Å²) in [4.78, 5) is 16.9. The summed E-state index contributed by atoms with van der Waals surface area (Å²) in [6.45, 7) is 4.39. The molecule has 0 aliphatic rings. The number of hydrogen-bond donors (Lipinski definition) is 1. The van der Waals surface area contributed by atoms with E-state index in [4.69, 9.17) is 16.3 Å². The summed E-state index contributed by atoms with van der Waals surface area (Å²) in [6, 6.07) is 5.49.